The van der Waals surface area contributed by atoms with Gasteiger partial charge in [-0.05, 0) is 36.8 Å². The largest absolute Gasteiger partial charge is 0.389 e. The van der Waals surface area contributed by atoms with E-state index in [4.69, 9.17) is 5.73 Å². The molecule has 0 aromatic heterocycles. The van der Waals surface area contributed by atoms with E-state index in [1.807, 2.05) is 19.1 Å². The molecule has 0 saturated heterocycles. The highest BCUT2D eigenvalue weighted by Crippen LogP contribution is 2.28. The Kier molecular flexibility index (Phi) is 4.35. The summed E-state index contributed by atoms with van der Waals surface area (Å²) in [5, 5.41) is 2.86. The minimum absolute atomic E-state index is 0.0312. The zero-order valence-electron chi connectivity index (χ0n) is 10.5. The van der Waals surface area contributed by atoms with Gasteiger partial charge >= 0.3 is 0 Å². The highest BCUT2D eigenvalue weighted by molar-refractivity contribution is 9.10. The molecule has 2 aromatic carbocycles. The number of nitrogens with one attached hydrogen (secondary N) is 1. The minimum Gasteiger partial charge on any atom is -0.389 e. The van der Waals surface area contributed by atoms with E-state index in [0.29, 0.717) is 5.69 Å². The molecule has 0 amide bonds. The van der Waals surface area contributed by atoms with Crippen LogP contribution in [0.5, 0.6) is 0 Å². The molecule has 0 spiro atoms. The fourth-order valence-electron chi connectivity index (χ4n) is 1.71. The van der Waals surface area contributed by atoms with Gasteiger partial charge in [0, 0.05) is 15.7 Å². The second-order valence-corrected chi connectivity index (χ2v) is 5.59. The molecule has 0 atom stereocenters. The normalized spacial score (nSPS) is 10.4. The molecule has 3 N–H and O–H groups in total. The number of aryl methyl sites for hydroxylation is 1. The molecule has 20 heavy (non-hydrogen) atoms. The zero-order valence-corrected chi connectivity index (χ0v) is 12.9. The van der Waals surface area contributed by atoms with Gasteiger partial charge in [-0.15, -0.1) is 0 Å². The average molecular weight is 357 g/mol. The summed E-state index contributed by atoms with van der Waals surface area (Å²) in [5.41, 5.74) is 6.85. The summed E-state index contributed by atoms with van der Waals surface area (Å²) < 4.78 is 28.6. The maximum atomic E-state index is 14.0. The lowest BCUT2D eigenvalue weighted by Crippen LogP contribution is -2.13. The van der Waals surface area contributed by atoms with E-state index in [-0.39, 0.29) is 16.2 Å². The Bertz CT molecular complexity index is 689. The Morgan fingerprint density at radius 2 is 1.85 bits per heavy atom. The summed E-state index contributed by atoms with van der Waals surface area (Å²) in [6.07, 6.45) is 0. The highest BCUT2D eigenvalue weighted by Gasteiger charge is 2.15. The third-order valence-electron chi connectivity index (χ3n) is 2.82. The van der Waals surface area contributed by atoms with Crippen LogP contribution >= 0.6 is 28.1 Å². The van der Waals surface area contributed by atoms with Crippen LogP contribution in [0.3, 0.4) is 0 Å². The van der Waals surface area contributed by atoms with Gasteiger partial charge in [-0.25, -0.2) is 8.78 Å². The summed E-state index contributed by atoms with van der Waals surface area (Å²) in [4.78, 5) is -0.174. The smallest absolute Gasteiger partial charge is 0.182 e. The van der Waals surface area contributed by atoms with Crippen LogP contribution in [0.2, 0.25) is 0 Å². The molecular formula is C14H11BrF2N2S. The van der Waals surface area contributed by atoms with E-state index in [9.17, 15) is 8.78 Å². The molecule has 0 fully saturated rings. The van der Waals surface area contributed by atoms with Crippen molar-refractivity contribution in [3.8, 4) is 0 Å². The predicted molar refractivity (Wildman–Crippen MR) is 84.4 cm³/mol. The van der Waals surface area contributed by atoms with Gasteiger partial charge < -0.3 is 11.1 Å². The molecule has 104 valence electrons. The lowest BCUT2D eigenvalue weighted by Gasteiger charge is -2.12. The molecule has 0 bridgehead atoms. The van der Waals surface area contributed by atoms with E-state index in [1.54, 1.807) is 6.07 Å². The van der Waals surface area contributed by atoms with E-state index in [0.717, 1.165) is 10.0 Å². The first kappa shape index (κ1) is 14.9. The first-order chi connectivity index (χ1) is 9.40. The Labute approximate surface area is 129 Å². The first-order valence-electron chi connectivity index (χ1n) is 5.71. The molecule has 0 aliphatic carbocycles. The lowest BCUT2D eigenvalue weighted by atomic mass is 10.1. The summed E-state index contributed by atoms with van der Waals surface area (Å²) in [6, 6.07) is 8.29. The molecule has 0 unspecified atom stereocenters. The summed E-state index contributed by atoms with van der Waals surface area (Å²) in [6.45, 7) is 1.87. The minimum atomic E-state index is -1.05. The van der Waals surface area contributed by atoms with Crippen molar-refractivity contribution in [1.82, 2.24) is 0 Å². The summed E-state index contributed by atoms with van der Waals surface area (Å²) in [7, 11) is 0. The van der Waals surface area contributed by atoms with E-state index >= 15 is 0 Å². The van der Waals surface area contributed by atoms with Crippen LogP contribution in [0.4, 0.5) is 20.2 Å². The summed E-state index contributed by atoms with van der Waals surface area (Å²) >= 11 is 8.00. The lowest BCUT2D eigenvalue weighted by molar-refractivity contribution is 0.510. The number of anilines is 2. The van der Waals surface area contributed by atoms with Gasteiger partial charge in [0.1, 0.15) is 4.99 Å². The van der Waals surface area contributed by atoms with Crippen LogP contribution in [0.1, 0.15) is 11.1 Å². The van der Waals surface area contributed by atoms with E-state index < -0.39 is 11.6 Å². The quantitative estimate of drug-likeness (QED) is 0.799. The number of nitrogens with two attached hydrogens (primary N) is 1. The van der Waals surface area contributed by atoms with Crippen molar-refractivity contribution in [2.24, 2.45) is 5.73 Å². The van der Waals surface area contributed by atoms with Gasteiger partial charge in [0.05, 0.1) is 5.69 Å². The van der Waals surface area contributed by atoms with Crippen LogP contribution in [0, 0.1) is 18.6 Å². The molecule has 0 aliphatic heterocycles. The van der Waals surface area contributed by atoms with Crippen molar-refractivity contribution >= 4 is 44.5 Å². The predicted octanol–water partition coefficient (Wildman–Crippen LogP) is 4.41. The standard InChI is InChI=1S/C14H11BrF2N2S/c1-7-2-3-8(15)6-11(7)19-10-5-4-9(14(18)20)12(16)13(10)17/h2-6,19H,1H3,(H2,18,20). The fourth-order valence-corrected chi connectivity index (χ4v) is 2.23. The molecule has 2 aromatic rings. The molecule has 0 aliphatic rings. The van der Waals surface area contributed by atoms with Gasteiger partial charge in [0.25, 0.3) is 0 Å². The molecular weight excluding hydrogens is 346 g/mol. The van der Waals surface area contributed by atoms with Crippen molar-refractivity contribution < 1.29 is 8.78 Å². The van der Waals surface area contributed by atoms with Gasteiger partial charge in [-0.1, -0.05) is 34.2 Å². The zero-order chi connectivity index (χ0) is 14.9. The second kappa shape index (κ2) is 5.85. The van der Waals surface area contributed by atoms with Crippen molar-refractivity contribution in [2.75, 3.05) is 5.32 Å². The van der Waals surface area contributed by atoms with Gasteiger partial charge in [-0.2, -0.15) is 0 Å². The van der Waals surface area contributed by atoms with Crippen LogP contribution in [0.15, 0.2) is 34.8 Å². The Hall–Kier alpha value is -1.53. The first-order valence-corrected chi connectivity index (χ1v) is 6.91. The van der Waals surface area contributed by atoms with Crippen LogP contribution < -0.4 is 11.1 Å². The third kappa shape index (κ3) is 2.96. The molecule has 6 heteroatoms. The van der Waals surface area contributed by atoms with Crippen LogP contribution in [0.25, 0.3) is 0 Å². The second-order valence-electron chi connectivity index (χ2n) is 4.24. The Balaban J connectivity index is 2.42. The van der Waals surface area contributed by atoms with E-state index in [2.05, 4.69) is 33.5 Å². The van der Waals surface area contributed by atoms with Gasteiger partial charge in [0.2, 0.25) is 0 Å². The van der Waals surface area contributed by atoms with E-state index in [1.165, 1.54) is 12.1 Å². The number of rotatable bonds is 3. The van der Waals surface area contributed by atoms with Gasteiger partial charge in [0.15, 0.2) is 11.6 Å². The van der Waals surface area contributed by atoms with Crippen LogP contribution in [-0.4, -0.2) is 4.99 Å². The SMILES string of the molecule is Cc1ccc(Br)cc1Nc1ccc(C(N)=S)c(F)c1F. The molecule has 0 heterocycles. The maximum absolute atomic E-state index is 14.0. The summed E-state index contributed by atoms with van der Waals surface area (Å²) in [5.74, 6) is -2.05. The maximum Gasteiger partial charge on any atom is 0.182 e. The van der Waals surface area contributed by atoms with Gasteiger partial charge in [-0.3, -0.25) is 0 Å². The third-order valence-corrected chi connectivity index (χ3v) is 3.53. The number of thiocarbonyl (C=S) groups is 1. The van der Waals surface area contributed by atoms with Crippen molar-refractivity contribution in [3.05, 3.63) is 57.6 Å². The number of benzene rings is 2. The number of hydrogen-bond donors (Lipinski definition) is 2. The molecule has 2 nitrogen and oxygen atoms in total. The average Bonchev–Trinajstić information content (AvgIpc) is 2.39. The van der Waals surface area contributed by atoms with Crippen LogP contribution in [-0.2, 0) is 0 Å². The monoisotopic (exact) mass is 356 g/mol. The Morgan fingerprint density at radius 3 is 2.50 bits per heavy atom. The van der Waals surface area contributed by atoms with Crippen molar-refractivity contribution in [1.29, 1.82) is 0 Å². The van der Waals surface area contributed by atoms with Crippen molar-refractivity contribution in [2.45, 2.75) is 6.92 Å². The molecule has 2 rings (SSSR count). The topological polar surface area (TPSA) is 38.0 Å². The molecule has 0 radical (unpaired) electrons. The fraction of sp³-hybridized carbons (Fsp3) is 0.0714. The number of halogens is 3. The molecule has 0 saturated carbocycles. The Morgan fingerprint density at radius 1 is 1.15 bits per heavy atom. The van der Waals surface area contributed by atoms with Crippen molar-refractivity contribution in [3.63, 3.8) is 0 Å². The highest BCUT2D eigenvalue weighted by atomic mass is 79.9. The number of hydrogen-bond acceptors (Lipinski definition) is 2.